The Morgan fingerprint density at radius 1 is 1.00 bits per heavy atom. The maximum atomic E-state index is 13.1. The highest BCUT2D eigenvalue weighted by Gasteiger charge is 2.23. The van der Waals surface area contributed by atoms with Gasteiger partial charge in [-0.05, 0) is 24.6 Å². The first-order valence-electron chi connectivity index (χ1n) is 11.0. The van der Waals surface area contributed by atoms with E-state index in [2.05, 4.69) is 26.1 Å². The first-order valence-corrected chi connectivity index (χ1v) is 11.0. The predicted molar refractivity (Wildman–Crippen MR) is 132 cm³/mol. The van der Waals surface area contributed by atoms with Gasteiger partial charge in [-0.15, -0.1) is 0 Å². The molecule has 7 nitrogen and oxygen atoms in total. The summed E-state index contributed by atoms with van der Waals surface area (Å²) in [5.74, 6) is 0.292. The molecule has 7 heteroatoms. The number of amides is 3. The van der Waals surface area contributed by atoms with E-state index in [0.717, 1.165) is 22.5 Å². The number of hydrogen-bond donors (Lipinski definition) is 1. The van der Waals surface area contributed by atoms with Crippen molar-refractivity contribution in [2.45, 2.75) is 39.7 Å². The van der Waals surface area contributed by atoms with Gasteiger partial charge in [0.25, 0.3) is 0 Å². The van der Waals surface area contributed by atoms with E-state index in [1.165, 1.54) is 9.80 Å². The molecule has 0 bridgehead atoms. The summed E-state index contributed by atoms with van der Waals surface area (Å²) < 4.78 is 1.74. The van der Waals surface area contributed by atoms with Gasteiger partial charge < -0.3 is 15.1 Å². The molecular weight excluding hydrogens is 414 g/mol. The number of aryl methyl sites for hydroxylation is 1. The third-order valence-corrected chi connectivity index (χ3v) is 5.23. The van der Waals surface area contributed by atoms with Gasteiger partial charge in [0.15, 0.2) is 0 Å². The van der Waals surface area contributed by atoms with E-state index in [1.54, 1.807) is 18.8 Å². The van der Waals surface area contributed by atoms with Crippen LogP contribution in [0.3, 0.4) is 0 Å². The Labute approximate surface area is 196 Å². The molecule has 1 aromatic heterocycles. The fourth-order valence-corrected chi connectivity index (χ4v) is 3.35. The zero-order valence-electron chi connectivity index (χ0n) is 20.3. The lowest BCUT2D eigenvalue weighted by Crippen LogP contribution is -2.43. The number of carbonyl (C=O) groups excluding carboxylic acids is 2. The molecule has 0 aliphatic heterocycles. The highest BCUT2D eigenvalue weighted by Crippen LogP contribution is 2.26. The molecule has 0 saturated heterocycles. The number of rotatable bonds is 6. The summed E-state index contributed by atoms with van der Waals surface area (Å²) in [6.07, 6.45) is 0. The molecule has 0 fully saturated rings. The minimum Gasteiger partial charge on any atom is -0.331 e. The molecule has 3 aromatic rings. The van der Waals surface area contributed by atoms with Crippen LogP contribution in [0.4, 0.5) is 10.6 Å². The van der Waals surface area contributed by atoms with Crippen LogP contribution in [0.2, 0.25) is 0 Å². The third kappa shape index (κ3) is 6.22. The van der Waals surface area contributed by atoms with Gasteiger partial charge in [0.05, 0.1) is 11.4 Å². The maximum absolute atomic E-state index is 13.1. The summed E-state index contributed by atoms with van der Waals surface area (Å²) >= 11 is 0. The van der Waals surface area contributed by atoms with Gasteiger partial charge in [-0.2, -0.15) is 5.10 Å². The molecule has 174 valence electrons. The van der Waals surface area contributed by atoms with Crippen molar-refractivity contribution in [2.75, 3.05) is 26.0 Å². The van der Waals surface area contributed by atoms with Crippen LogP contribution in [0.15, 0.2) is 60.7 Å². The highest BCUT2D eigenvalue weighted by atomic mass is 16.2. The fraction of sp³-hybridized carbons (Fsp3) is 0.346. The second-order valence-electron chi connectivity index (χ2n) is 9.48. The molecule has 1 N–H and O–H groups in total. The molecule has 0 atom stereocenters. The van der Waals surface area contributed by atoms with Crippen LogP contribution < -0.4 is 5.32 Å². The van der Waals surface area contributed by atoms with Crippen LogP contribution in [0.25, 0.3) is 5.69 Å². The Morgan fingerprint density at radius 2 is 1.64 bits per heavy atom. The molecule has 33 heavy (non-hydrogen) atoms. The Hall–Kier alpha value is -3.61. The lowest BCUT2D eigenvalue weighted by Gasteiger charge is -2.25. The summed E-state index contributed by atoms with van der Waals surface area (Å²) in [6.45, 7) is 8.54. The average molecular weight is 448 g/mol. The largest absolute Gasteiger partial charge is 0.331 e. The van der Waals surface area contributed by atoms with Gasteiger partial charge in [0, 0.05) is 32.1 Å². The van der Waals surface area contributed by atoms with E-state index in [-0.39, 0.29) is 23.9 Å². The van der Waals surface area contributed by atoms with Gasteiger partial charge in [-0.3, -0.25) is 4.79 Å². The normalized spacial score (nSPS) is 11.2. The zero-order valence-corrected chi connectivity index (χ0v) is 20.3. The average Bonchev–Trinajstić information content (AvgIpc) is 3.18. The maximum Gasteiger partial charge on any atom is 0.320 e. The van der Waals surface area contributed by atoms with Gasteiger partial charge in [-0.25, -0.2) is 9.48 Å². The number of benzene rings is 2. The topological polar surface area (TPSA) is 70.5 Å². The molecule has 0 aliphatic rings. The van der Waals surface area contributed by atoms with Crippen LogP contribution in [0.5, 0.6) is 0 Å². The lowest BCUT2D eigenvalue weighted by molar-refractivity contribution is -0.117. The quantitative estimate of drug-likeness (QED) is 0.600. The molecule has 3 rings (SSSR count). The summed E-state index contributed by atoms with van der Waals surface area (Å²) in [5.41, 5.74) is 3.64. The molecule has 0 radical (unpaired) electrons. The van der Waals surface area contributed by atoms with E-state index in [9.17, 15) is 9.59 Å². The van der Waals surface area contributed by atoms with E-state index >= 15 is 0 Å². The number of urea groups is 1. The van der Waals surface area contributed by atoms with Crippen molar-refractivity contribution >= 4 is 17.8 Å². The zero-order chi connectivity index (χ0) is 24.2. The summed E-state index contributed by atoms with van der Waals surface area (Å²) in [5, 5.41) is 7.73. The van der Waals surface area contributed by atoms with E-state index in [4.69, 9.17) is 5.10 Å². The van der Waals surface area contributed by atoms with Crippen molar-refractivity contribution in [3.63, 3.8) is 0 Å². The first-order chi connectivity index (χ1) is 15.5. The number of nitrogens with one attached hydrogen (secondary N) is 1. The molecule has 1 heterocycles. The molecule has 0 aliphatic carbocycles. The van der Waals surface area contributed by atoms with Crippen molar-refractivity contribution in [3.05, 3.63) is 77.5 Å². The molecule has 0 saturated carbocycles. The highest BCUT2D eigenvalue weighted by molar-refractivity contribution is 5.94. The van der Waals surface area contributed by atoms with E-state index in [1.807, 2.05) is 67.6 Å². The van der Waals surface area contributed by atoms with Crippen molar-refractivity contribution in [1.29, 1.82) is 0 Å². The third-order valence-electron chi connectivity index (χ3n) is 5.23. The van der Waals surface area contributed by atoms with Crippen molar-refractivity contribution in [3.8, 4) is 5.69 Å². The summed E-state index contributed by atoms with van der Waals surface area (Å²) in [6, 6.07) is 19.3. The minimum absolute atomic E-state index is 0.0736. The SMILES string of the molecule is Cc1ccc(-n2nc(C(C)(C)C)cc2NC(=O)CN(Cc2ccccc2)C(=O)N(C)C)cc1. The number of aromatic nitrogens is 2. The number of carbonyl (C=O) groups is 2. The van der Waals surface area contributed by atoms with Crippen LogP contribution in [0, 0.1) is 6.92 Å². The van der Waals surface area contributed by atoms with Crippen molar-refractivity contribution in [2.24, 2.45) is 0 Å². The van der Waals surface area contributed by atoms with Gasteiger partial charge in [-0.1, -0.05) is 68.8 Å². The predicted octanol–water partition coefficient (Wildman–Crippen LogP) is 4.60. The summed E-state index contributed by atoms with van der Waals surface area (Å²) in [4.78, 5) is 28.8. The number of anilines is 1. The van der Waals surface area contributed by atoms with Crippen LogP contribution in [-0.2, 0) is 16.8 Å². The lowest BCUT2D eigenvalue weighted by atomic mass is 9.92. The molecule has 2 aromatic carbocycles. The number of nitrogens with zero attached hydrogens (tertiary/aromatic N) is 4. The van der Waals surface area contributed by atoms with Crippen molar-refractivity contribution < 1.29 is 9.59 Å². The van der Waals surface area contributed by atoms with Crippen LogP contribution >= 0.6 is 0 Å². The molecule has 0 spiro atoms. The van der Waals surface area contributed by atoms with Gasteiger partial charge in [0.1, 0.15) is 12.4 Å². The minimum atomic E-state index is -0.283. The molecular formula is C26H33N5O2. The Morgan fingerprint density at radius 3 is 2.21 bits per heavy atom. The second-order valence-corrected chi connectivity index (χ2v) is 9.48. The monoisotopic (exact) mass is 447 g/mol. The number of hydrogen-bond acceptors (Lipinski definition) is 3. The smallest absolute Gasteiger partial charge is 0.320 e. The second kappa shape index (κ2) is 9.90. The Bertz CT molecular complexity index is 1100. The Kier molecular flexibility index (Phi) is 7.21. The molecule has 3 amide bonds. The van der Waals surface area contributed by atoms with Gasteiger partial charge in [0.2, 0.25) is 5.91 Å². The van der Waals surface area contributed by atoms with Gasteiger partial charge >= 0.3 is 6.03 Å². The molecule has 0 unspecified atom stereocenters. The summed E-state index contributed by atoms with van der Waals surface area (Å²) in [7, 11) is 3.36. The van der Waals surface area contributed by atoms with E-state index < -0.39 is 0 Å². The van der Waals surface area contributed by atoms with Crippen LogP contribution in [0.1, 0.15) is 37.6 Å². The van der Waals surface area contributed by atoms with E-state index in [0.29, 0.717) is 12.4 Å². The van der Waals surface area contributed by atoms with Crippen molar-refractivity contribution in [1.82, 2.24) is 19.6 Å². The first kappa shape index (κ1) is 24.0. The van der Waals surface area contributed by atoms with Crippen LogP contribution in [-0.4, -0.2) is 52.2 Å². The Balaban J connectivity index is 1.86. The fourth-order valence-electron chi connectivity index (χ4n) is 3.35. The standard InChI is InChI=1S/C26H33N5O2/c1-19-12-14-21(15-13-19)31-23(16-22(28-31)26(2,3)4)27-24(32)18-30(25(33)29(5)6)17-20-10-8-7-9-11-20/h7-16H,17-18H2,1-6H3,(H,27,32).